The highest BCUT2D eigenvalue weighted by Crippen LogP contribution is 2.04. The Bertz CT molecular complexity index is 403. The maximum atomic E-state index is 11.7. The van der Waals surface area contributed by atoms with E-state index < -0.39 is 9.84 Å². The third-order valence-electron chi connectivity index (χ3n) is 2.73. The van der Waals surface area contributed by atoms with E-state index in [1.54, 1.807) is 4.90 Å². The van der Waals surface area contributed by atoms with Crippen molar-refractivity contribution in [3.63, 3.8) is 0 Å². The molecular formula is C11H18N2O3S. The van der Waals surface area contributed by atoms with Gasteiger partial charge < -0.3 is 4.90 Å². The van der Waals surface area contributed by atoms with Gasteiger partial charge in [-0.25, -0.2) is 8.42 Å². The van der Waals surface area contributed by atoms with Crippen LogP contribution in [0.1, 0.15) is 6.42 Å². The molecular weight excluding hydrogens is 240 g/mol. The SMILES string of the molecule is C#CCN1CCN(C(=O)CCS(C)(=O)=O)CC1. The maximum absolute atomic E-state index is 11.7. The fourth-order valence-corrected chi connectivity index (χ4v) is 2.26. The average Bonchev–Trinajstić information content (AvgIpc) is 2.26. The average molecular weight is 258 g/mol. The number of hydrogen-bond acceptors (Lipinski definition) is 4. The number of hydrogen-bond donors (Lipinski definition) is 0. The highest BCUT2D eigenvalue weighted by atomic mass is 32.2. The molecule has 0 aliphatic carbocycles. The molecule has 1 heterocycles. The first-order chi connectivity index (χ1) is 7.92. The van der Waals surface area contributed by atoms with E-state index in [1.165, 1.54) is 0 Å². The molecule has 1 amide bonds. The summed E-state index contributed by atoms with van der Waals surface area (Å²) in [5.41, 5.74) is 0. The Hall–Kier alpha value is -1.06. The lowest BCUT2D eigenvalue weighted by Crippen LogP contribution is -2.48. The molecule has 0 radical (unpaired) electrons. The van der Waals surface area contributed by atoms with Gasteiger partial charge in [0.2, 0.25) is 5.91 Å². The summed E-state index contributed by atoms with van der Waals surface area (Å²) in [6, 6.07) is 0. The molecule has 0 aromatic carbocycles. The third kappa shape index (κ3) is 5.20. The van der Waals surface area contributed by atoms with Gasteiger partial charge in [0.05, 0.1) is 12.3 Å². The fourth-order valence-electron chi connectivity index (χ4n) is 1.72. The van der Waals surface area contributed by atoms with Crippen LogP contribution in [0.15, 0.2) is 0 Å². The van der Waals surface area contributed by atoms with Crippen molar-refractivity contribution < 1.29 is 13.2 Å². The zero-order valence-corrected chi connectivity index (χ0v) is 10.9. The standard InChI is InChI=1S/C11H18N2O3S/c1-3-5-12-6-8-13(9-7-12)11(14)4-10-17(2,15)16/h1H,4-10H2,2H3. The van der Waals surface area contributed by atoms with Crippen molar-refractivity contribution in [1.82, 2.24) is 9.80 Å². The highest BCUT2D eigenvalue weighted by Gasteiger charge is 2.21. The molecule has 1 saturated heterocycles. The van der Waals surface area contributed by atoms with Crippen molar-refractivity contribution in [2.75, 3.05) is 44.7 Å². The normalized spacial score (nSPS) is 17.8. The van der Waals surface area contributed by atoms with Crippen LogP contribution in [0.2, 0.25) is 0 Å². The molecule has 0 N–H and O–H groups in total. The second kappa shape index (κ2) is 6.03. The summed E-state index contributed by atoms with van der Waals surface area (Å²) >= 11 is 0. The first-order valence-corrected chi connectivity index (χ1v) is 7.60. The van der Waals surface area contributed by atoms with Crippen molar-refractivity contribution in [3.05, 3.63) is 0 Å². The Labute approximate surface area is 103 Å². The van der Waals surface area contributed by atoms with Crippen molar-refractivity contribution in [1.29, 1.82) is 0 Å². The number of sulfone groups is 1. The van der Waals surface area contributed by atoms with Gasteiger partial charge in [-0.1, -0.05) is 5.92 Å². The first kappa shape index (κ1) is 14.0. The molecule has 1 aliphatic heterocycles. The molecule has 0 aromatic heterocycles. The second-order valence-corrected chi connectivity index (χ2v) is 6.50. The van der Waals surface area contributed by atoms with Crippen LogP contribution in [0.5, 0.6) is 0 Å². The molecule has 0 spiro atoms. The Morgan fingerprint density at radius 3 is 2.35 bits per heavy atom. The van der Waals surface area contributed by atoms with Gasteiger partial charge in [0.15, 0.2) is 0 Å². The minimum Gasteiger partial charge on any atom is -0.340 e. The molecule has 1 rings (SSSR count). The van der Waals surface area contributed by atoms with Gasteiger partial charge in [-0.3, -0.25) is 9.69 Å². The Morgan fingerprint density at radius 2 is 1.88 bits per heavy atom. The molecule has 0 aromatic rings. The van der Waals surface area contributed by atoms with Crippen molar-refractivity contribution in [2.45, 2.75) is 6.42 Å². The zero-order valence-electron chi connectivity index (χ0n) is 10.1. The first-order valence-electron chi connectivity index (χ1n) is 5.53. The second-order valence-electron chi connectivity index (χ2n) is 4.24. The molecule has 1 aliphatic rings. The summed E-state index contributed by atoms with van der Waals surface area (Å²) in [7, 11) is -3.06. The molecule has 0 bridgehead atoms. The van der Waals surface area contributed by atoms with Crippen LogP contribution in [0.3, 0.4) is 0 Å². The summed E-state index contributed by atoms with van der Waals surface area (Å²) in [6.45, 7) is 3.38. The van der Waals surface area contributed by atoms with Gasteiger partial charge in [-0.2, -0.15) is 0 Å². The Kier molecular flexibility index (Phi) is 4.97. The van der Waals surface area contributed by atoms with Crippen LogP contribution in [0.4, 0.5) is 0 Å². The van der Waals surface area contributed by atoms with E-state index in [0.717, 1.165) is 19.3 Å². The van der Waals surface area contributed by atoms with Gasteiger partial charge in [0.1, 0.15) is 9.84 Å². The summed E-state index contributed by atoms with van der Waals surface area (Å²) in [6.07, 6.45) is 6.43. The molecule has 17 heavy (non-hydrogen) atoms. The van der Waals surface area contributed by atoms with Gasteiger partial charge >= 0.3 is 0 Å². The lowest BCUT2D eigenvalue weighted by Gasteiger charge is -2.33. The minimum absolute atomic E-state index is 0.0730. The van der Waals surface area contributed by atoms with Gasteiger partial charge in [-0.05, 0) is 0 Å². The Morgan fingerprint density at radius 1 is 1.29 bits per heavy atom. The maximum Gasteiger partial charge on any atom is 0.223 e. The lowest BCUT2D eigenvalue weighted by molar-refractivity contribution is -0.132. The zero-order chi connectivity index (χ0) is 12.9. The van der Waals surface area contributed by atoms with E-state index in [1.807, 2.05) is 0 Å². The molecule has 0 atom stereocenters. The topological polar surface area (TPSA) is 57.7 Å². The highest BCUT2D eigenvalue weighted by molar-refractivity contribution is 7.90. The van der Waals surface area contributed by atoms with Crippen LogP contribution in [-0.2, 0) is 14.6 Å². The lowest BCUT2D eigenvalue weighted by atomic mass is 10.3. The van der Waals surface area contributed by atoms with Crippen molar-refractivity contribution in [2.24, 2.45) is 0 Å². The van der Waals surface area contributed by atoms with E-state index in [2.05, 4.69) is 10.8 Å². The summed E-state index contributed by atoms with van der Waals surface area (Å²) in [4.78, 5) is 15.5. The predicted molar refractivity (Wildman–Crippen MR) is 66.2 cm³/mol. The quantitative estimate of drug-likeness (QED) is 0.619. The summed E-state index contributed by atoms with van der Waals surface area (Å²) in [5.74, 6) is 2.41. The molecule has 96 valence electrons. The number of piperazine rings is 1. The number of rotatable bonds is 4. The largest absolute Gasteiger partial charge is 0.340 e. The molecule has 6 heteroatoms. The minimum atomic E-state index is -3.06. The van der Waals surface area contributed by atoms with Crippen LogP contribution >= 0.6 is 0 Å². The molecule has 0 saturated carbocycles. The molecule has 0 unspecified atom stereocenters. The van der Waals surface area contributed by atoms with Crippen molar-refractivity contribution >= 4 is 15.7 Å². The van der Waals surface area contributed by atoms with E-state index in [-0.39, 0.29) is 18.1 Å². The molecule has 5 nitrogen and oxygen atoms in total. The number of nitrogens with zero attached hydrogens (tertiary/aromatic N) is 2. The van der Waals surface area contributed by atoms with Crippen LogP contribution in [0, 0.1) is 12.3 Å². The number of carbonyl (C=O) groups excluding carboxylic acids is 1. The van der Waals surface area contributed by atoms with Crippen LogP contribution < -0.4 is 0 Å². The van der Waals surface area contributed by atoms with Crippen LogP contribution in [-0.4, -0.2) is 68.9 Å². The fraction of sp³-hybridized carbons (Fsp3) is 0.727. The smallest absolute Gasteiger partial charge is 0.223 e. The number of amides is 1. The van der Waals surface area contributed by atoms with Gasteiger partial charge in [-0.15, -0.1) is 6.42 Å². The monoisotopic (exact) mass is 258 g/mol. The van der Waals surface area contributed by atoms with E-state index >= 15 is 0 Å². The van der Waals surface area contributed by atoms with Crippen molar-refractivity contribution in [3.8, 4) is 12.3 Å². The number of terminal acetylenes is 1. The van der Waals surface area contributed by atoms with Crippen LogP contribution in [0.25, 0.3) is 0 Å². The van der Waals surface area contributed by atoms with E-state index in [4.69, 9.17) is 6.42 Å². The van der Waals surface area contributed by atoms with Gasteiger partial charge in [0, 0.05) is 38.9 Å². The Balaban J connectivity index is 2.34. The number of carbonyl (C=O) groups is 1. The molecule has 1 fully saturated rings. The summed E-state index contributed by atoms with van der Waals surface area (Å²) < 4.78 is 21.9. The summed E-state index contributed by atoms with van der Waals surface area (Å²) in [5, 5.41) is 0. The third-order valence-corrected chi connectivity index (χ3v) is 3.67. The van der Waals surface area contributed by atoms with E-state index in [0.29, 0.717) is 19.6 Å². The van der Waals surface area contributed by atoms with E-state index in [9.17, 15) is 13.2 Å². The predicted octanol–water partition coefficient (Wildman–Crippen LogP) is -0.801. The van der Waals surface area contributed by atoms with Gasteiger partial charge in [0.25, 0.3) is 0 Å².